The molecule has 0 amide bonds. The van der Waals surface area contributed by atoms with E-state index in [2.05, 4.69) is 5.32 Å². The lowest BCUT2D eigenvalue weighted by atomic mass is 10.3. The Balaban J connectivity index is 2.22. The lowest BCUT2D eigenvalue weighted by Gasteiger charge is -2.30. The van der Waals surface area contributed by atoms with Gasteiger partial charge in [-0.2, -0.15) is 4.31 Å². The van der Waals surface area contributed by atoms with Gasteiger partial charge in [-0.25, -0.2) is 8.42 Å². The van der Waals surface area contributed by atoms with Crippen LogP contribution < -0.4 is 5.32 Å². The molecule has 84 valence electrons. The molecule has 1 aromatic heterocycles. The van der Waals surface area contributed by atoms with E-state index < -0.39 is 10.0 Å². The third-order valence-corrected chi connectivity index (χ3v) is 5.66. The van der Waals surface area contributed by atoms with Crippen LogP contribution in [0.3, 0.4) is 0 Å². The standard InChI is InChI=1S/C9H14N2O2S2/c1-8-7-11(5-4-10-8)15(12,13)9-3-2-6-14-9/h2-3,6,8,10H,4-5,7H2,1H3/t8-/m1/s1. The van der Waals surface area contributed by atoms with Crippen molar-refractivity contribution in [1.82, 2.24) is 9.62 Å². The predicted octanol–water partition coefficient (Wildman–Crippen LogP) is 0.731. The van der Waals surface area contributed by atoms with E-state index in [1.807, 2.05) is 6.92 Å². The highest BCUT2D eigenvalue weighted by Gasteiger charge is 2.28. The molecule has 1 aliphatic heterocycles. The summed E-state index contributed by atoms with van der Waals surface area (Å²) in [5, 5.41) is 5.02. The number of nitrogens with one attached hydrogen (secondary N) is 1. The van der Waals surface area contributed by atoms with Crippen LogP contribution in [-0.4, -0.2) is 38.4 Å². The maximum absolute atomic E-state index is 12.1. The predicted molar refractivity (Wildman–Crippen MR) is 60.5 cm³/mol. The summed E-state index contributed by atoms with van der Waals surface area (Å²) in [6.07, 6.45) is 0. The highest BCUT2D eigenvalue weighted by Crippen LogP contribution is 2.21. The highest BCUT2D eigenvalue weighted by atomic mass is 32.2. The van der Waals surface area contributed by atoms with Crippen molar-refractivity contribution in [3.8, 4) is 0 Å². The minimum absolute atomic E-state index is 0.230. The Kier molecular flexibility index (Phi) is 3.11. The molecule has 0 aromatic carbocycles. The van der Waals surface area contributed by atoms with E-state index in [9.17, 15) is 8.42 Å². The Labute approximate surface area is 94.0 Å². The Morgan fingerprint density at radius 2 is 2.40 bits per heavy atom. The molecule has 0 aliphatic carbocycles. The molecule has 2 rings (SSSR count). The summed E-state index contributed by atoms with van der Waals surface area (Å²) in [5.74, 6) is 0. The summed E-state index contributed by atoms with van der Waals surface area (Å²) in [4.78, 5) is 0. The normalized spacial score (nSPS) is 24.2. The van der Waals surface area contributed by atoms with E-state index in [1.54, 1.807) is 21.8 Å². The third kappa shape index (κ3) is 2.23. The van der Waals surface area contributed by atoms with Crippen molar-refractivity contribution in [2.45, 2.75) is 17.2 Å². The molecule has 0 unspecified atom stereocenters. The van der Waals surface area contributed by atoms with Crippen LogP contribution in [0.25, 0.3) is 0 Å². The van der Waals surface area contributed by atoms with Gasteiger partial charge in [0.25, 0.3) is 10.0 Å². The largest absolute Gasteiger partial charge is 0.312 e. The molecule has 0 spiro atoms. The monoisotopic (exact) mass is 246 g/mol. The van der Waals surface area contributed by atoms with Crippen molar-refractivity contribution in [2.75, 3.05) is 19.6 Å². The molecule has 15 heavy (non-hydrogen) atoms. The molecule has 4 nitrogen and oxygen atoms in total. The fourth-order valence-corrected chi connectivity index (χ4v) is 4.33. The fourth-order valence-electron chi connectivity index (χ4n) is 1.65. The number of sulfonamides is 1. The molecular weight excluding hydrogens is 232 g/mol. The summed E-state index contributed by atoms with van der Waals surface area (Å²) in [7, 11) is -3.24. The van der Waals surface area contributed by atoms with Gasteiger partial charge in [-0.05, 0) is 18.4 Å². The molecule has 1 aliphatic rings. The Morgan fingerprint density at radius 3 is 3.00 bits per heavy atom. The van der Waals surface area contributed by atoms with Gasteiger partial charge in [0.05, 0.1) is 0 Å². The van der Waals surface area contributed by atoms with Gasteiger partial charge < -0.3 is 5.32 Å². The van der Waals surface area contributed by atoms with Gasteiger partial charge in [0.1, 0.15) is 4.21 Å². The number of hydrogen-bond acceptors (Lipinski definition) is 4. The topological polar surface area (TPSA) is 49.4 Å². The molecule has 0 saturated carbocycles. The molecule has 1 aromatic rings. The quantitative estimate of drug-likeness (QED) is 0.837. The first-order valence-corrected chi connectivity index (χ1v) is 7.20. The van der Waals surface area contributed by atoms with E-state index in [0.29, 0.717) is 17.3 Å². The van der Waals surface area contributed by atoms with Gasteiger partial charge in [-0.15, -0.1) is 11.3 Å². The number of piperazine rings is 1. The molecule has 1 saturated heterocycles. The van der Waals surface area contributed by atoms with Crippen LogP contribution in [0.15, 0.2) is 21.7 Å². The van der Waals surface area contributed by atoms with E-state index in [1.165, 1.54) is 11.3 Å². The second kappa shape index (κ2) is 4.21. The SMILES string of the molecule is C[C@@H]1CN(S(=O)(=O)c2cccs2)CCN1. The first-order chi connectivity index (χ1) is 7.10. The van der Waals surface area contributed by atoms with Crippen molar-refractivity contribution in [3.05, 3.63) is 17.5 Å². The van der Waals surface area contributed by atoms with Crippen molar-refractivity contribution in [2.24, 2.45) is 0 Å². The number of thiophene rings is 1. The number of nitrogens with zero attached hydrogens (tertiary/aromatic N) is 1. The Hall–Kier alpha value is -0.430. The van der Waals surface area contributed by atoms with Gasteiger partial charge >= 0.3 is 0 Å². The summed E-state index contributed by atoms with van der Waals surface area (Å²) in [5.41, 5.74) is 0. The lowest BCUT2D eigenvalue weighted by Crippen LogP contribution is -2.51. The van der Waals surface area contributed by atoms with Gasteiger partial charge in [0.15, 0.2) is 0 Å². The van der Waals surface area contributed by atoms with Gasteiger partial charge in [0.2, 0.25) is 0 Å². The molecular formula is C9H14N2O2S2. The summed E-state index contributed by atoms with van der Waals surface area (Å²) in [6.45, 7) is 3.84. The van der Waals surface area contributed by atoms with Crippen LogP contribution in [0, 0.1) is 0 Å². The smallest absolute Gasteiger partial charge is 0.252 e. The van der Waals surface area contributed by atoms with Crippen LogP contribution >= 0.6 is 11.3 Å². The lowest BCUT2D eigenvalue weighted by molar-refractivity contribution is 0.311. The zero-order valence-corrected chi connectivity index (χ0v) is 10.1. The minimum Gasteiger partial charge on any atom is -0.312 e. The van der Waals surface area contributed by atoms with E-state index in [-0.39, 0.29) is 6.04 Å². The van der Waals surface area contributed by atoms with Gasteiger partial charge in [-0.1, -0.05) is 6.07 Å². The molecule has 2 heterocycles. The fraction of sp³-hybridized carbons (Fsp3) is 0.556. The van der Waals surface area contributed by atoms with Crippen molar-refractivity contribution in [1.29, 1.82) is 0 Å². The van der Waals surface area contributed by atoms with Crippen molar-refractivity contribution < 1.29 is 8.42 Å². The highest BCUT2D eigenvalue weighted by molar-refractivity contribution is 7.91. The zero-order valence-electron chi connectivity index (χ0n) is 8.51. The van der Waals surface area contributed by atoms with Crippen LogP contribution in [0.5, 0.6) is 0 Å². The van der Waals surface area contributed by atoms with Gasteiger partial charge in [0, 0.05) is 25.7 Å². The average molecular weight is 246 g/mol. The maximum atomic E-state index is 12.1. The first kappa shape index (κ1) is 11.1. The summed E-state index contributed by atoms with van der Waals surface area (Å²) < 4.78 is 26.2. The van der Waals surface area contributed by atoms with Crippen LogP contribution in [0.2, 0.25) is 0 Å². The summed E-state index contributed by atoms with van der Waals surface area (Å²) in [6, 6.07) is 3.66. The zero-order chi connectivity index (χ0) is 10.9. The third-order valence-electron chi connectivity index (χ3n) is 2.42. The van der Waals surface area contributed by atoms with Crippen molar-refractivity contribution >= 4 is 21.4 Å². The van der Waals surface area contributed by atoms with Crippen LogP contribution in [-0.2, 0) is 10.0 Å². The summed E-state index contributed by atoms with van der Waals surface area (Å²) >= 11 is 1.27. The minimum atomic E-state index is -3.24. The van der Waals surface area contributed by atoms with E-state index in [4.69, 9.17) is 0 Å². The van der Waals surface area contributed by atoms with E-state index >= 15 is 0 Å². The first-order valence-electron chi connectivity index (χ1n) is 4.88. The molecule has 0 radical (unpaired) electrons. The molecule has 1 N–H and O–H groups in total. The number of rotatable bonds is 2. The molecule has 0 bridgehead atoms. The number of hydrogen-bond donors (Lipinski definition) is 1. The second-order valence-electron chi connectivity index (χ2n) is 3.65. The average Bonchev–Trinajstić information content (AvgIpc) is 2.71. The van der Waals surface area contributed by atoms with Crippen LogP contribution in [0.4, 0.5) is 0 Å². The van der Waals surface area contributed by atoms with E-state index in [0.717, 1.165) is 6.54 Å². The maximum Gasteiger partial charge on any atom is 0.252 e. The van der Waals surface area contributed by atoms with Crippen molar-refractivity contribution in [3.63, 3.8) is 0 Å². The Bertz CT molecular complexity index is 413. The Morgan fingerprint density at radius 1 is 1.60 bits per heavy atom. The van der Waals surface area contributed by atoms with Gasteiger partial charge in [-0.3, -0.25) is 0 Å². The molecule has 1 fully saturated rings. The molecule has 6 heteroatoms. The molecule has 1 atom stereocenters. The second-order valence-corrected chi connectivity index (χ2v) is 6.76. The van der Waals surface area contributed by atoms with Crippen LogP contribution in [0.1, 0.15) is 6.92 Å².